The second-order valence-electron chi connectivity index (χ2n) is 5.14. The maximum absolute atomic E-state index is 12.2. The molecule has 1 aliphatic heterocycles. The molecule has 0 bridgehead atoms. The van der Waals surface area contributed by atoms with Gasteiger partial charge in [0, 0.05) is 5.69 Å². The van der Waals surface area contributed by atoms with E-state index in [1.54, 1.807) is 0 Å². The topological polar surface area (TPSA) is 49.4 Å². The van der Waals surface area contributed by atoms with Gasteiger partial charge >= 0.3 is 6.03 Å². The van der Waals surface area contributed by atoms with Crippen LogP contribution < -0.4 is 10.2 Å². The van der Waals surface area contributed by atoms with Crippen LogP contribution in [-0.2, 0) is 11.2 Å². The third-order valence-corrected chi connectivity index (χ3v) is 3.64. The van der Waals surface area contributed by atoms with Crippen LogP contribution >= 0.6 is 0 Å². The van der Waals surface area contributed by atoms with Crippen molar-refractivity contribution in [3.8, 4) is 0 Å². The average molecular weight is 292 g/mol. The first-order valence-electron chi connectivity index (χ1n) is 7.09. The summed E-state index contributed by atoms with van der Waals surface area (Å²) in [4.78, 5) is 25.9. The van der Waals surface area contributed by atoms with Gasteiger partial charge in [-0.25, -0.2) is 4.79 Å². The molecule has 3 rings (SSSR count). The first kappa shape index (κ1) is 14.1. The van der Waals surface area contributed by atoms with Gasteiger partial charge in [0.2, 0.25) is 0 Å². The molecule has 3 amide bonds. The number of anilines is 1. The van der Waals surface area contributed by atoms with Crippen LogP contribution in [0.5, 0.6) is 0 Å². The van der Waals surface area contributed by atoms with Crippen LogP contribution in [0.4, 0.5) is 10.5 Å². The van der Waals surface area contributed by atoms with E-state index in [2.05, 4.69) is 11.9 Å². The van der Waals surface area contributed by atoms with E-state index >= 15 is 0 Å². The quantitative estimate of drug-likeness (QED) is 0.695. The molecule has 1 N–H and O–H groups in total. The van der Waals surface area contributed by atoms with E-state index in [0.29, 0.717) is 12.1 Å². The zero-order valence-corrected chi connectivity index (χ0v) is 12.0. The van der Waals surface area contributed by atoms with Crippen LogP contribution in [0.1, 0.15) is 17.2 Å². The molecule has 0 aliphatic carbocycles. The molecular weight excluding hydrogens is 276 g/mol. The van der Waals surface area contributed by atoms with Crippen LogP contribution in [0.15, 0.2) is 67.3 Å². The first-order valence-corrected chi connectivity index (χ1v) is 7.09. The van der Waals surface area contributed by atoms with Crippen molar-refractivity contribution >= 4 is 17.6 Å². The minimum atomic E-state index is -0.632. The zero-order chi connectivity index (χ0) is 15.5. The molecule has 4 nitrogen and oxygen atoms in total. The van der Waals surface area contributed by atoms with E-state index in [1.807, 2.05) is 60.7 Å². The first-order chi connectivity index (χ1) is 10.7. The van der Waals surface area contributed by atoms with Gasteiger partial charge in [-0.2, -0.15) is 0 Å². The van der Waals surface area contributed by atoms with Crippen LogP contribution in [0.3, 0.4) is 0 Å². The molecule has 1 aliphatic rings. The van der Waals surface area contributed by atoms with E-state index in [0.717, 1.165) is 11.1 Å². The summed E-state index contributed by atoms with van der Waals surface area (Å²) in [6.07, 6.45) is 2.52. The Hall–Kier alpha value is -2.88. The number of imide groups is 1. The second kappa shape index (κ2) is 5.85. The van der Waals surface area contributed by atoms with Gasteiger partial charge in [0.15, 0.2) is 0 Å². The molecule has 1 unspecified atom stereocenters. The molecule has 2 aromatic rings. The summed E-state index contributed by atoms with van der Waals surface area (Å²) in [5.74, 6) is -0.301. The monoisotopic (exact) mass is 292 g/mol. The van der Waals surface area contributed by atoms with Crippen molar-refractivity contribution in [3.05, 3.63) is 78.4 Å². The Bertz CT molecular complexity index is 725. The van der Waals surface area contributed by atoms with Crippen molar-refractivity contribution < 1.29 is 9.59 Å². The van der Waals surface area contributed by atoms with Crippen LogP contribution in [-0.4, -0.2) is 11.9 Å². The molecule has 0 spiro atoms. The van der Waals surface area contributed by atoms with Gasteiger partial charge in [-0.1, -0.05) is 48.5 Å². The molecule has 1 saturated heterocycles. The van der Waals surface area contributed by atoms with Crippen molar-refractivity contribution in [1.29, 1.82) is 0 Å². The molecule has 4 heteroatoms. The number of nitrogens with one attached hydrogen (secondary N) is 1. The lowest BCUT2D eigenvalue weighted by atomic mass is 10.0. The summed E-state index contributed by atoms with van der Waals surface area (Å²) in [6.45, 7) is 3.73. The summed E-state index contributed by atoms with van der Waals surface area (Å²) in [6, 6.07) is 15.9. The SMILES string of the molecule is C=CCc1cccc(N2C(=O)NC(=O)C2c2ccccc2)c1. The van der Waals surface area contributed by atoms with Gasteiger partial charge in [0.1, 0.15) is 6.04 Å². The minimum Gasteiger partial charge on any atom is -0.277 e. The predicted molar refractivity (Wildman–Crippen MR) is 85.5 cm³/mol. The highest BCUT2D eigenvalue weighted by molar-refractivity contribution is 6.14. The molecule has 1 fully saturated rings. The molecular formula is C18H16N2O2. The highest BCUT2D eigenvalue weighted by Gasteiger charge is 2.40. The lowest BCUT2D eigenvalue weighted by Gasteiger charge is -2.22. The van der Waals surface area contributed by atoms with Gasteiger partial charge in [0.05, 0.1) is 0 Å². The maximum atomic E-state index is 12.2. The molecule has 110 valence electrons. The van der Waals surface area contributed by atoms with Crippen LogP contribution in [0, 0.1) is 0 Å². The van der Waals surface area contributed by atoms with Gasteiger partial charge in [0.25, 0.3) is 5.91 Å². The lowest BCUT2D eigenvalue weighted by molar-refractivity contribution is -0.119. The largest absolute Gasteiger partial charge is 0.329 e. The van der Waals surface area contributed by atoms with E-state index in [9.17, 15) is 9.59 Å². The fraction of sp³-hybridized carbons (Fsp3) is 0.111. The number of rotatable bonds is 4. The Kier molecular flexibility index (Phi) is 3.74. The van der Waals surface area contributed by atoms with Crippen LogP contribution in [0.2, 0.25) is 0 Å². The third-order valence-electron chi connectivity index (χ3n) is 3.64. The van der Waals surface area contributed by atoms with Crippen LogP contribution in [0.25, 0.3) is 0 Å². The standard InChI is InChI=1S/C18H16N2O2/c1-2-7-13-8-6-11-15(12-13)20-16(17(21)19-18(20)22)14-9-4-3-5-10-14/h2-6,8-12,16H,1,7H2,(H,19,21,22). The number of urea groups is 1. The van der Waals surface area contributed by atoms with Crippen molar-refractivity contribution in [1.82, 2.24) is 5.32 Å². The Balaban J connectivity index is 2.03. The molecule has 1 atom stereocenters. The number of hydrogen-bond donors (Lipinski definition) is 1. The van der Waals surface area contributed by atoms with E-state index < -0.39 is 12.1 Å². The number of benzene rings is 2. The molecule has 22 heavy (non-hydrogen) atoms. The van der Waals surface area contributed by atoms with E-state index in [1.165, 1.54) is 4.90 Å². The maximum Gasteiger partial charge on any atom is 0.329 e. The Morgan fingerprint density at radius 1 is 1.09 bits per heavy atom. The number of amides is 3. The number of hydrogen-bond acceptors (Lipinski definition) is 2. The highest BCUT2D eigenvalue weighted by Crippen LogP contribution is 2.31. The van der Waals surface area contributed by atoms with Gasteiger partial charge in [-0.3, -0.25) is 15.0 Å². The Labute approximate surface area is 129 Å². The summed E-state index contributed by atoms with van der Waals surface area (Å²) in [7, 11) is 0. The number of carbonyl (C=O) groups is 2. The molecule has 0 aromatic heterocycles. The minimum absolute atomic E-state index is 0.301. The second-order valence-corrected chi connectivity index (χ2v) is 5.14. The number of nitrogens with zero attached hydrogens (tertiary/aromatic N) is 1. The average Bonchev–Trinajstić information content (AvgIpc) is 2.83. The fourth-order valence-electron chi connectivity index (χ4n) is 2.67. The van der Waals surface area contributed by atoms with Crippen molar-refractivity contribution in [2.24, 2.45) is 0 Å². The number of allylic oxidation sites excluding steroid dienone is 1. The number of carbonyl (C=O) groups excluding carboxylic acids is 2. The molecule has 2 aromatic carbocycles. The molecule has 0 saturated carbocycles. The highest BCUT2D eigenvalue weighted by atomic mass is 16.2. The third kappa shape index (κ3) is 2.51. The predicted octanol–water partition coefficient (Wildman–Crippen LogP) is 3.21. The summed E-state index contributed by atoms with van der Waals surface area (Å²) in [5, 5.41) is 2.39. The summed E-state index contributed by atoms with van der Waals surface area (Å²) >= 11 is 0. The Morgan fingerprint density at radius 3 is 2.59 bits per heavy atom. The lowest BCUT2D eigenvalue weighted by Crippen LogP contribution is -2.29. The Morgan fingerprint density at radius 2 is 1.86 bits per heavy atom. The van der Waals surface area contributed by atoms with Gasteiger partial charge in [-0.05, 0) is 29.7 Å². The van der Waals surface area contributed by atoms with E-state index in [-0.39, 0.29) is 5.91 Å². The summed E-state index contributed by atoms with van der Waals surface area (Å²) < 4.78 is 0. The smallest absolute Gasteiger partial charge is 0.277 e. The van der Waals surface area contributed by atoms with Crippen molar-refractivity contribution in [2.75, 3.05) is 4.90 Å². The zero-order valence-electron chi connectivity index (χ0n) is 12.0. The fourth-order valence-corrected chi connectivity index (χ4v) is 2.67. The normalized spacial score (nSPS) is 17.5. The summed E-state index contributed by atoms with van der Waals surface area (Å²) in [5.41, 5.74) is 2.54. The molecule has 0 radical (unpaired) electrons. The van der Waals surface area contributed by atoms with Gasteiger partial charge < -0.3 is 0 Å². The van der Waals surface area contributed by atoms with Crippen molar-refractivity contribution in [3.63, 3.8) is 0 Å². The molecule has 1 heterocycles. The van der Waals surface area contributed by atoms with Crippen molar-refractivity contribution in [2.45, 2.75) is 12.5 Å². The van der Waals surface area contributed by atoms with Gasteiger partial charge in [-0.15, -0.1) is 6.58 Å². The van der Waals surface area contributed by atoms with E-state index in [4.69, 9.17) is 0 Å².